The molecule has 106 valence electrons. The predicted octanol–water partition coefficient (Wildman–Crippen LogP) is 3.00. The zero-order valence-corrected chi connectivity index (χ0v) is 11.5. The van der Waals surface area contributed by atoms with Crippen LogP contribution >= 0.6 is 0 Å². The Hall–Kier alpha value is -2.68. The van der Waals surface area contributed by atoms with Gasteiger partial charge < -0.3 is 11.1 Å². The molecule has 0 spiro atoms. The third kappa shape index (κ3) is 2.63. The Labute approximate surface area is 121 Å². The summed E-state index contributed by atoms with van der Waals surface area (Å²) >= 11 is 0. The molecule has 1 saturated carbocycles. The van der Waals surface area contributed by atoms with Crippen molar-refractivity contribution in [1.29, 1.82) is 5.26 Å². The smallest absolute Gasteiger partial charge is 0.141 e. The van der Waals surface area contributed by atoms with Gasteiger partial charge in [-0.2, -0.15) is 5.26 Å². The van der Waals surface area contributed by atoms with Crippen molar-refractivity contribution < 1.29 is 4.39 Å². The summed E-state index contributed by atoms with van der Waals surface area (Å²) in [5.41, 5.74) is 7.24. The van der Waals surface area contributed by atoms with Gasteiger partial charge in [0.25, 0.3) is 0 Å². The first-order chi connectivity index (χ1) is 10.1. The molecule has 0 atom stereocenters. The van der Waals surface area contributed by atoms with Crippen molar-refractivity contribution in [3.05, 3.63) is 41.0 Å². The van der Waals surface area contributed by atoms with Gasteiger partial charge in [-0.1, -0.05) is 0 Å². The first kappa shape index (κ1) is 13.3. The normalized spacial score (nSPS) is 13.8. The Morgan fingerprint density at radius 2 is 2.14 bits per heavy atom. The van der Waals surface area contributed by atoms with Crippen LogP contribution in [0.1, 0.15) is 35.7 Å². The maximum Gasteiger partial charge on any atom is 0.141 e. The highest BCUT2D eigenvalue weighted by Gasteiger charge is 2.27. The zero-order valence-electron chi connectivity index (χ0n) is 11.5. The number of nitrogens with zero attached hydrogens (tertiary/aromatic N) is 3. The SMILES string of the molecule is Cc1c(N)nc(C2CC2)nc1Nc1ccc(F)c(C#N)c1. The third-order valence-corrected chi connectivity index (χ3v) is 3.49. The maximum absolute atomic E-state index is 13.3. The van der Waals surface area contributed by atoms with Crippen LogP contribution in [0.25, 0.3) is 0 Å². The van der Waals surface area contributed by atoms with Crippen LogP contribution in [0, 0.1) is 24.1 Å². The van der Waals surface area contributed by atoms with Gasteiger partial charge in [-0.25, -0.2) is 14.4 Å². The molecule has 0 unspecified atom stereocenters. The number of nitrogens with one attached hydrogen (secondary N) is 1. The van der Waals surface area contributed by atoms with E-state index in [0.29, 0.717) is 23.2 Å². The van der Waals surface area contributed by atoms with E-state index >= 15 is 0 Å². The van der Waals surface area contributed by atoms with E-state index in [4.69, 9.17) is 11.0 Å². The number of hydrogen-bond acceptors (Lipinski definition) is 5. The Balaban J connectivity index is 1.96. The minimum atomic E-state index is -0.541. The summed E-state index contributed by atoms with van der Waals surface area (Å²) in [4.78, 5) is 8.79. The number of rotatable bonds is 3. The predicted molar refractivity (Wildman–Crippen MR) is 77.6 cm³/mol. The molecule has 5 nitrogen and oxygen atoms in total. The molecule has 1 aliphatic rings. The van der Waals surface area contributed by atoms with E-state index in [1.165, 1.54) is 12.1 Å². The molecule has 1 aliphatic carbocycles. The number of benzene rings is 1. The first-order valence-corrected chi connectivity index (χ1v) is 6.69. The Kier molecular flexibility index (Phi) is 3.18. The minimum Gasteiger partial charge on any atom is -0.383 e. The number of nitrogens with two attached hydrogens (primary N) is 1. The van der Waals surface area contributed by atoms with Gasteiger partial charge in [0, 0.05) is 17.2 Å². The quantitative estimate of drug-likeness (QED) is 0.904. The van der Waals surface area contributed by atoms with Crippen molar-refractivity contribution in [3.8, 4) is 6.07 Å². The van der Waals surface area contributed by atoms with Gasteiger partial charge in [0.15, 0.2) is 0 Å². The highest BCUT2D eigenvalue weighted by molar-refractivity contribution is 5.65. The minimum absolute atomic E-state index is 0.0119. The van der Waals surface area contributed by atoms with Crippen molar-refractivity contribution in [1.82, 2.24) is 9.97 Å². The Morgan fingerprint density at radius 3 is 2.81 bits per heavy atom. The molecule has 6 heteroatoms. The summed E-state index contributed by atoms with van der Waals surface area (Å²) < 4.78 is 13.3. The lowest BCUT2D eigenvalue weighted by Crippen LogP contribution is -2.06. The van der Waals surface area contributed by atoms with E-state index in [1.54, 1.807) is 6.07 Å². The average Bonchev–Trinajstić information content (AvgIpc) is 3.30. The van der Waals surface area contributed by atoms with E-state index < -0.39 is 5.82 Å². The second kappa shape index (κ2) is 5.02. The van der Waals surface area contributed by atoms with Gasteiger partial charge in [-0.15, -0.1) is 0 Å². The summed E-state index contributed by atoms with van der Waals surface area (Å²) in [6, 6.07) is 6.08. The van der Waals surface area contributed by atoms with Crippen molar-refractivity contribution in [2.24, 2.45) is 0 Å². The fourth-order valence-electron chi connectivity index (χ4n) is 2.02. The highest BCUT2D eigenvalue weighted by Crippen LogP contribution is 2.39. The van der Waals surface area contributed by atoms with Crippen LogP contribution in [0.15, 0.2) is 18.2 Å². The average molecular weight is 283 g/mol. The van der Waals surface area contributed by atoms with Crippen molar-refractivity contribution in [3.63, 3.8) is 0 Å². The van der Waals surface area contributed by atoms with Crippen molar-refractivity contribution >= 4 is 17.3 Å². The van der Waals surface area contributed by atoms with Crippen LogP contribution in [-0.4, -0.2) is 9.97 Å². The zero-order chi connectivity index (χ0) is 15.0. The Bertz CT molecular complexity index is 746. The summed E-state index contributed by atoms with van der Waals surface area (Å²) in [5, 5.41) is 12.0. The van der Waals surface area contributed by atoms with Crippen LogP contribution < -0.4 is 11.1 Å². The van der Waals surface area contributed by atoms with Gasteiger partial charge >= 0.3 is 0 Å². The molecule has 3 N–H and O–H groups in total. The molecule has 0 saturated heterocycles. The van der Waals surface area contributed by atoms with Crippen molar-refractivity contribution in [2.75, 3.05) is 11.1 Å². The van der Waals surface area contributed by atoms with Gasteiger partial charge in [0.1, 0.15) is 29.3 Å². The lowest BCUT2D eigenvalue weighted by Gasteiger charge is -2.12. The lowest BCUT2D eigenvalue weighted by atomic mass is 10.2. The molecule has 0 aliphatic heterocycles. The number of aromatic nitrogens is 2. The molecular formula is C15H14FN5. The number of hydrogen-bond donors (Lipinski definition) is 2. The molecular weight excluding hydrogens is 269 g/mol. The third-order valence-electron chi connectivity index (χ3n) is 3.49. The highest BCUT2D eigenvalue weighted by atomic mass is 19.1. The summed E-state index contributed by atoms with van der Waals surface area (Å²) in [6.07, 6.45) is 2.16. The van der Waals surface area contributed by atoms with Crippen LogP contribution in [0.4, 0.5) is 21.7 Å². The van der Waals surface area contributed by atoms with E-state index in [1.807, 2.05) is 13.0 Å². The first-order valence-electron chi connectivity index (χ1n) is 6.69. The van der Waals surface area contributed by atoms with Gasteiger partial charge in [0.2, 0.25) is 0 Å². The standard InChI is InChI=1S/C15H14FN5/c1-8-13(18)20-15(9-2-3-9)21-14(8)19-11-4-5-12(16)10(6-11)7-17/h4-6,9H,2-3H2,1H3,(H3,18,19,20,21). The number of halogens is 1. The molecule has 21 heavy (non-hydrogen) atoms. The summed E-state index contributed by atoms with van der Waals surface area (Å²) in [5.74, 6) is 1.62. The fourth-order valence-corrected chi connectivity index (χ4v) is 2.02. The van der Waals surface area contributed by atoms with E-state index in [2.05, 4.69) is 15.3 Å². The van der Waals surface area contributed by atoms with Crippen LogP contribution in [0.5, 0.6) is 0 Å². The monoisotopic (exact) mass is 283 g/mol. The van der Waals surface area contributed by atoms with Crippen molar-refractivity contribution in [2.45, 2.75) is 25.7 Å². The largest absolute Gasteiger partial charge is 0.383 e. The maximum atomic E-state index is 13.3. The molecule has 2 aromatic rings. The molecule has 0 radical (unpaired) electrons. The van der Waals surface area contributed by atoms with E-state index in [9.17, 15) is 4.39 Å². The molecule has 0 bridgehead atoms. The second-order valence-electron chi connectivity index (χ2n) is 5.15. The summed E-state index contributed by atoms with van der Waals surface area (Å²) in [7, 11) is 0. The Morgan fingerprint density at radius 1 is 1.38 bits per heavy atom. The molecule has 3 rings (SSSR count). The van der Waals surface area contributed by atoms with Gasteiger partial charge in [-0.05, 0) is 38.0 Å². The van der Waals surface area contributed by atoms with Crippen LogP contribution in [0.2, 0.25) is 0 Å². The number of nitriles is 1. The molecule has 1 heterocycles. The number of anilines is 3. The number of nitrogen functional groups attached to an aromatic ring is 1. The molecule has 1 aromatic heterocycles. The van der Waals surface area contributed by atoms with E-state index in [-0.39, 0.29) is 5.56 Å². The fraction of sp³-hybridized carbons (Fsp3) is 0.267. The van der Waals surface area contributed by atoms with E-state index in [0.717, 1.165) is 24.2 Å². The lowest BCUT2D eigenvalue weighted by molar-refractivity contribution is 0.624. The van der Waals surface area contributed by atoms with Crippen LogP contribution in [-0.2, 0) is 0 Å². The molecule has 1 fully saturated rings. The summed E-state index contributed by atoms with van der Waals surface area (Å²) in [6.45, 7) is 1.82. The topological polar surface area (TPSA) is 87.6 Å². The van der Waals surface area contributed by atoms with Gasteiger partial charge in [-0.3, -0.25) is 0 Å². The van der Waals surface area contributed by atoms with Gasteiger partial charge in [0.05, 0.1) is 5.56 Å². The van der Waals surface area contributed by atoms with Crippen LogP contribution in [0.3, 0.4) is 0 Å². The molecule has 1 aromatic carbocycles. The molecule has 0 amide bonds. The second-order valence-corrected chi connectivity index (χ2v) is 5.15.